The van der Waals surface area contributed by atoms with Crippen molar-refractivity contribution in [2.45, 2.75) is 32.3 Å². The summed E-state index contributed by atoms with van der Waals surface area (Å²) >= 11 is 0. The zero-order valence-corrected chi connectivity index (χ0v) is 11.5. The smallest absolute Gasteiger partial charge is 0.334 e. The summed E-state index contributed by atoms with van der Waals surface area (Å²) in [4.78, 5) is 29.6. The number of aliphatic hydroxyl groups is 1. The number of hydroxylamine groups is 2. The van der Waals surface area contributed by atoms with Crippen LogP contribution in [0.15, 0.2) is 11.6 Å². The van der Waals surface area contributed by atoms with E-state index in [1.54, 1.807) is 13.8 Å². The van der Waals surface area contributed by atoms with Gasteiger partial charge in [0.05, 0.1) is 12.6 Å². The molecule has 0 aromatic heterocycles. The molecule has 2 rings (SSSR count). The average molecular weight is 285 g/mol. The van der Waals surface area contributed by atoms with Crippen molar-refractivity contribution in [3.8, 4) is 0 Å². The first kappa shape index (κ1) is 14.9. The summed E-state index contributed by atoms with van der Waals surface area (Å²) in [5.74, 6) is -1.04. The highest BCUT2D eigenvalue weighted by Crippen LogP contribution is 2.30. The van der Waals surface area contributed by atoms with Crippen LogP contribution in [0.3, 0.4) is 0 Å². The molecule has 2 aliphatic heterocycles. The highest BCUT2D eigenvalue weighted by atomic mass is 16.7. The second-order valence-corrected chi connectivity index (χ2v) is 4.76. The molecule has 3 unspecified atom stereocenters. The minimum absolute atomic E-state index is 0.227. The van der Waals surface area contributed by atoms with Crippen LogP contribution in [0.2, 0.25) is 0 Å². The van der Waals surface area contributed by atoms with E-state index in [9.17, 15) is 14.7 Å². The zero-order chi connectivity index (χ0) is 14.9. The van der Waals surface area contributed by atoms with Crippen LogP contribution in [0.5, 0.6) is 0 Å². The normalized spacial score (nSPS) is 32.9. The maximum atomic E-state index is 11.5. The van der Waals surface area contributed by atoms with Crippen LogP contribution in [0.25, 0.3) is 0 Å². The first-order valence-electron chi connectivity index (χ1n) is 6.44. The van der Waals surface area contributed by atoms with E-state index in [1.807, 2.05) is 6.08 Å². The van der Waals surface area contributed by atoms with Crippen molar-refractivity contribution >= 4 is 11.9 Å². The predicted molar refractivity (Wildman–Crippen MR) is 67.7 cm³/mol. The number of carbonyl (C=O) groups is 2. The summed E-state index contributed by atoms with van der Waals surface area (Å²) in [5.41, 5.74) is 6.10. The average Bonchev–Trinajstić information content (AvgIpc) is 2.60. The van der Waals surface area contributed by atoms with E-state index in [2.05, 4.69) is 0 Å². The molecule has 2 aliphatic rings. The van der Waals surface area contributed by atoms with E-state index in [0.29, 0.717) is 6.54 Å². The Balaban J connectivity index is 2.04. The third-order valence-electron chi connectivity index (χ3n) is 3.37. The van der Waals surface area contributed by atoms with E-state index in [4.69, 9.17) is 15.3 Å². The lowest BCUT2D eigenvalue weighted by molar-refractivity contribution is -0.256. The van der Waals surface area contributed by atoms with Crippen molar-refractivity contribution in [3.05, 3.63) is 11.6 Å². The number of hydrogen-bond acceptors (Lipinski definition) is 7. The second kappa shape index (κ2) is 5.88. The number of hydrogen-bond donors (Lipinski definition) is 2. The van der Waals surface area contributed by atoms with Crippen molar-refractivity contribution in [1.82, 2.24) is 9.96 Å². The molecule has 8 nitrogen and oxygen atoms in total. The summed E-state index contributed by atoms with van der Waals surface area (Å²) in [6.07, 6.45) is 0.688. The zero-order valence-electron chi connectivity index (χ0n) is 11.5. The van der Waals surface area contributed by atoms with Crippen LogP contribution in [0, 0.1) is 0 Å². The molecule has 0 aromatic carbocycles. The highest BCUT2D eigenvalue weighted by Gasteiger charge is 2.47. The minimum Gasteiger partial charge on any atom is -0.464 e. The van der Waals surface area contributed by atoms with Crippen LogP contribution >= 0.6 is 0 Å². The van der Waals surface area contributed by atoms with Crippen LogP contribution in [0.1, 0.15) is 13.8 Å². The van der Waals surface area contributed by atoms with Gasteiger partial charge in [0, 0.05) is 6.54 Å². The van der Waals surface area contributed by atoms with Crippen molar-refractivity contribution in [3.63, 3.8) is 0 Å². The number of rotatable bonds is 5. The van der Waals surface area contributed by atoms with Crippen molar-refractivity contribution in [2.75, 3.05) is 19.8 Å². The summed E-state index contributed by atoms with van der Waals surface area (Å²) in [6.45, 7) is 3.86. The Morgan fingerprint density at radius 3 is 2.85 bits per heavy atom. The SMILES string of the molecule is CCOC(=O)CON1C(O)N2C[C@H]1C=C(C)C2C(N)=O. The Morgan fingerprint density at radius 1 is 1.55 bits per heavy atom. The number of primary amides is 1. The number of fused-ring (bicyclic) bond motifs is 2. The van der Waals surface area contributed by atoms with Crippen LogP contribution in [-0.2, 0) is 19.2 Å². The lowest BCUT2D eigenvalue weighted by Gasteiger charge is -2.29. The number of carbonyl (C=O) groups excluding carboxylic acids is 2. The molecule has 112 valence electrons. The van der Waals surface area contributed by atoms with Gasteiger partial charge in [-0.05, 0) is 19.4 Å². The van der Waals surface area contributed by atoms with Crippen LogP contribution in [0.4, 0.5) is 0 Å². The van der Waals surface area contributed by atoms with E-state index in [-0.39, 0.29) is 19.3 Å². The van der Waals surface area contributed by atoms with Crippen LogP contribution < -0.4 is 5.73 Å². The summed E-state index contributed by atoms with van der Waals surface area (Å²) in [5, 5.41) is 11.5. The number of esters is 1. The number of ether oxygens (including phenoxy) is 1. The molecule has 0 aliphatic carbocycles. The molecule has 0 spiro atoms. The predicted octanol–water partition coefficient (Wildman–Crippen LogP) is -1.44. The third-order valence-corrected chi connectivity index (χ3v) is 3.37. The van der Waals surface area contributed by atoms with Gasteiger partial charge in [0.1, 0.15) is 6.04 Å². The Bertz CT molecular complexity index is 439. The number of aliphatic hydroxyl groups excluding tert-OH is 1. The summed E-state index contributed by atoms with van der Waals surface area (Å²) < 4.78 is 4.75. The second-order valence-electron chi connectivity index (χ2n) is 4.76. The molecule has 0 radical (unpaired) electrons. The largest absolute Gasteiger partial charge is 0.464 e. The van der Waals surface area contributed by atoms with Gasteiger partial charge in [-0.15, -0.1) is 5.06 Å². The molecule has 4 atom stereocenters. The lowest BCUT2D eigenvalue weighted by atomic mass is 10.0. The topological polar surface area (TPSA) is 105 Å². The minimum atomic E-state index is -1.12. The Morgan fingerprint density at radius 2 is 2.25 bits per heavy atom. The number of amides is 1. The molecule has 2 heterocycles. The maximum absolute atomic E-state index is 11.5. The number of nitrogens with zero attached hydrogens (tertiary/aromatic N) is 2. The van der Waals surface area contributed by atoms with E-state index in [0.717, 1.165) is 5.57 Å². The van der Waals surface area contributed by atoms with Gasteiger partial charge in [-0.3, -0.25) is 9.63 Å². The summed E-state index contributed by atoms with van der Waals surface area (Å²) in [7, 11) is 0. The van der Waals surface area contributed by atoms with Crippen molar-refractivity contribution in [2.24, 2.45) is 5.73 Å². The molecule has 1 saturated heterocycles. The van der Waals surface area contributed by atoms with E-state index < -0.39 is 24.3 Å². The van der Waals surface area contributed by atoms with Gasteiger partial charge in [-0.25, -0.2) is 9.69 Å². The quantitative estimate of drug-likeness (QED) is 0.470. The molecule has 20 heavy (non-hydrogen) atoms. The lowest BCUT2D eigenvalue weighted by Crippen LogP contribution is -2.50. The fourth-order valence-electron chi connectivity index (χ4n) is 2.61. The Hall–Kier alpha value is -1.48. The van der Waals surface area contributed by atoms with Gasteiger partial charge in [0.15, 0.2) is 13.0 Å². The molecular weight excluding hydrogens is 266 g/mol. The fraction of sp³-hybridized carbons (Fsp3) is 0.667. The highest BCUT2D eigenvalue weighted by molar-refractivity contribution is 5.83. The maximum Gasteiger partial charge on any atom is 0.334 e. The molecule has 2 bridgehead atoms. The van der Waals surface area contributed by atoms with Crippen LogP contribution in [-0.4, -0.2) is 65.1 Å². The van der Waals surface area contributed by atoms with Crippen molar-refractivity contribution in [1.29, 1.82) is 0 Å². The van der Waals surface area contributed by atoms with Gasteiger partial charge < -0.3 is 15.6 Å². The monoisotopic (exact) mass is 285 g/mol. The van der Waals surface area contributed by atoms with Gasteiger partial charge in [-0.1, -0.05) is 6.08 Å². The molecule has 1 amide bonds. The van der Waals surface area contributed by atoms with E-state index in [1.165, 1.54) is 9.96 Å². The van der Waals surface area contributed by atoms with Gasteiger partial charge >= 0.3 is 5.97 Å². The van der Waals surface area contributed by atoms with Gasteiger partial charge in [0.25, 0.3) is 0 Å². The first-order valence-corrected chi connectivity index (χ1v) is 6.44. The molecule has 8 heteroatoms. The third kappa shape index (κ3) is 2.68. The van der Waals surface area contributed by atoms with Gasteiger partial charge in [0.2, 0.25) is 5.91 Å². The van der Waals surface area contributed by atoms with Crippen molar-refractivity contribution < 1.29 is 24.3 Å². The first-order chi connectivity index (χ1) is 9.45. The molecular formula is C12H19N3O5. The fourth-order valence-corrected chi connectivity index (χ4v) is 2.61. The Kier molecular flexibility index (Phi) is 4.39. The molecule has 1 fully saturated rings. The molecule has 0 saturated carbocycles. The molecule has 0 aromatic rings. The Labute approximate surface area is 116 Å². The standard InChI is InChI=1S/C12H19N3O5/c1-3-19-9(16)6-20-15-8-4-7(2)10(11(13)17)14(5-8)12(15)18/h4,8,10,12,18H,3,5-6H2,1-2H3,(H2,13,17)/t8-,10?,12?/m1/s1. The number of nitrogens with two attached hydrogens (primary N) is 1. The summed E-state index contributed by atoms with van der Waals surface area (Å²) in [6, 6.07) is -0.882. The van der Waals surface area contributed by atoms with E-state index >= 15 is 0 Å². The molecule has 3 N–H and O–H groups in total. The van der Waals surface area contributed by atoms with Gasteiger partial charge in [-0.2, -0.15) is 0 Å².